The van der Waals surface area contributed by atoms with E-state index in [1.54, 1.807) is 23.6 Å². The third-order valence-corrected chi connectivity index (χ3v) is 2.63. The molecule has 1 aromatic heterocycles. The van der Waals surface area contributed by atoms with E-state index in [0.717, 1.165) is 0 Å². The van der Waals surface area contributed by atoms with E-state index in [9.17, 15) is 5.11 Å². The molecule has 0 bridgehead atoms. The Morgan fingerprint density at radius 2 is 2.00 bits per heavy atom. The van der Waals surface area contributed by atoms with Gasteiger partial charge in [0.15, 0.2) is 5.96 Å². The zero-order chi connectivity index (χ0) is 11.5. The SMILES string of the molecule is Br.NC(N)=Nc1nc(-c2ccccc2O)cs1. The molecule has 0 aliphatic rings. The smallest absolute Gasteiger partial charge is 0.212 e. The Kier molecular flexibility index (Phi) is 4.47. The minimum Gasteiger partial charge on any atom is -0.507 e. The summed E-state index contributed by atoms with van der Waals surface area (Å²) in [7, 11) is 0. The van der Waals surface area contributed by atoms with Crippen LogP contribution in [-0.2, 0) is 0 Å². The van der Waals surface area contributed by atoms with Crippen LogP contribution in [0.1, 0.15) is 0 Å². The van der Waals surface area contributed by atoms with Crippen LogP contribution < -0.4 is 11.5 Å². The second kappa shape index (κ2) is 5.65. The molecule has 0 unspecified atom stereocenters. The minimum absolute atomic E-state index is 0. The highest BCUT2D eigenvalue weighted by molar-refractivity contribution is 8.93. The zero-order valence-corrected chi connectivity index (χ0v) is 11.2. The number of phenolic OH excluding ortho intramolecular Hbond substituents is 1. The minimum atomic E-state index is -0.0295. The Hall–Kier alpha value is -1.60. The quantitative estimate of drug-likeness (QED) is 0.583. The Bertz CT molecular complexity index is 537. The molecule has 0 amide bonds. The highest BCUT2D eigenvalue weighted by Gasteiger charge is 2.07. The maximum Gasteiger partial charge on any atom is 0.212 e. The van der Waals surface area contributed by atoms with Crippen LogP contribution in [0.15, 0.2) is 34.6 Å². The van der Waals surface area contributed by atoms with Gasteiger partial charge in [-0.15, -0.1) is 28.3 Å². The standard InChI is InChI=1S/C10H10N4OS.BrH/c11-9(12)14-10-13-7(5-16-10)6-3-1-2-4-8(6)15;/h1-5,15H,(H4,11,12,13,14);1H. The van der Waals surface area contributed by atoms with Crippen LogP contribution >= 0.6 is 28.3 Å². The zero-order valence-electron chi connectivity index (χ0n) is 8.70. The van der Waals surface area contributed by atoms with Gasteiger partial charge in [-0.05, 0) is 12.1 Å². The largest absolute Gasteiger partial charge is 0.507 e. The lowest BCUT2D eigenvalue weighted by molar-refractivity contribution is 0.477. The van der Waals surface area contributed by atoms with Gasteiger partial charge in [0.25, 0.3) is 0 Å². The van der Waals surface area contributed by atoms with Crippen molar-refractivity contribution in [2.24, 2.45) is 16.5 Å². The first kappa shape index (κ1) is 13.5. The van der Waals surface area contributed by atoms with Crippen LogP contribution in [0.4, 0.5) is 5.13 Å². The maximum absolute atomic E-state index is 9.63. The molecule has 0 aliphatic carbocycles. The van der Waals surface area contributed by atoms with Crippen molar-refractivity contribution in [2.45, 2.75) is 0 Å². The molecule has 0 radical (unpaired) electrons. The van der Waals surface area contributed by atoms with Gasteiger partial charge in [-0.25, -0.2) is 4.98 Å². The second-order valence-corrected chi connectivity index (χ2v) is 3.91. The summed E-state index contributed by atoms with van der Waals surface area (Å²) in [4.78, 5) is 8.03. The number of guanidine groups is 1. The Labute approximate surface area is 113 Å². The van der Waals surface area contributed by atoms with Crippen LogP contribution in [0.25, 0.3) is 11.3 Å². The van der Waals surface area contributed by atoms with Gasteiger partial charge in [-0.2, -0.15) is 4.99 Å². The van der Waals surface area contributed by atoms with E-state index < -0.39 is 0 Å². The van der Waals surface area contributed by atoms with Crippen molar-refractivity contribution in [1.29, 1.82) is 0 Å². The fourth-order valence-corrected chi connectivity index (χ4v) is 1.95. The van der Waals surface area contributed by atoms with Gasteiger partial charge in [0.1, 0.15) is 5.75 Å². The van der Waals surface area contributed by atoms with Crippen molar-refractivity contribution in [3.63, 3.8) is 0 Å². The predicted octanol–water partition coefficient (Wildman–Crippen LogP) is 2.00. The normalized spacial score (nSPS) is 9.41. The first-order valence-corrected chi connectivity index (χ1v) is 5.38. The summed E-state index contributed by atoms with van der Waals surface area (Å²) in [6.07, 6.45) is 0. The van der Waals surface area contributed by atoms with Crippen LogP contribution in [-0.4, -0.2) is 16.1 Å². The van der Waals surface area contributed by atoms with Gasteiger partial charge in [0.2, 0.25) is 5.13 Å². The number of halogens is 1. The van der Waals surface area contributed by atoms with E-state index in [2.05, 4.69) is 9.98 Å². The molecule has 1 heterocycles. The number of nitrogens with zero attached hydrogens (tertiary/aromatic N) is 2. The van der Waals surface area contributed by atoms with E-state index in [4.69, 9.17) is 11.5 Å². The third-order valence-electron chi connectivity index (χ3n) is 1.90. The number of aliphatic imine (C=N–C) groups is 1. The Balaban J connectivity index is 0.00000144. The molecule has 5 N–H and O–H groups in total. The van der Waals surface area contributed by atoms with Crippen molar-refractivity contribution >= 4 is 39.4 Å². The predicted molar refractivity (Wildman–Crippen MR) is 75.0 cm³/mol. The molecule has 0 saturated heterocycles. The highest BCUT2D eigenvalue weighted by atomic mass is 79.9. The second-order valence-electron chi connectivity index (χ2n) is 3.07. The van der Waals surface area contributed by atoms with Gasteiger partial charge in [0, 0.05) is 10.9 Å². The number of thiazole rings is 1. The number of nitrogens with two attached hydrogens (primary N) is 2. The van der Waals surface area contributed by atoms with Gasteiger partial charge in [0.05, 0.1) is 5.69 Å². The number of para-hydroxylation sites is 1. The fraction of sp³-hybridized carbons (Fsp3) is 0. The van der Waals surface area contributed by atoms with E-state index in [0.29, 0.717) is 16.4 Å². The van der Waals surface area contributed by atoms with E-state index in [-0.39, 0.29) is 28.7 Å². The van der Waals surface area contributed by atoms with E-state index in [1.165, 1.54) is 11.3 Å². The van der Waals surface area contributed by atoms with Crippen molar-refractivity contribution in [1.82, 2.24) is 4.98 Å². The average Bonchev–Trinajstić information content (AvgIpc) is 2.66. The first-order valence-electron chi connectivity index (χ1n) is 4.50. The number of phenols is 1. The highest BCUT2D eigenvalue weighted by Crippen LogP contribution is 2.31. The van der Waals surface area contributed by atoms with Crippen molar-refractivity contribution < 1.29 is 5.11 Å². The molecule has 5 nitrogen and oxygen atoms in total. The molecular formula is C10H11BrN4OS. The Morgan fingerprint density at radius 3 is 2.65 bits per heavy atom. The summed E-state index contributed by atoms with van der Waals surface area (Å²) < 4.78 is 0. The summed E-state index contributed by atoms with van der Waals surface area (Å²) in [5, 5.41) is 11.9. The monoisotopic (exact) mass is 314 g/mol. The molecule has 7 heteroatoms. The third kappa shape index (κ3) is 3.18. The van der Waals surface area contributed by atoms with Crippen molar-refractivity contribution in [3.8, 4) is 17.0 Å². The van der Waals surface area contributed by atoms with Gasteiger partial charge < -0.3 is 16.6 Å². The number of aromatic nitrogens is 1. The molecular weight excluding hydrogens is 304 g/mol. The molecule has 17 heavy (non-hydrogen) atoms. The number of hydrogen-bond donors (Lipinski definition) is 3. The van der Waals surface area contributed by atoms with Crippen LogP contribution in [0.3, 0.4) is 0 Å². The van der Waals surface area contributed by atoms with E-state index in [1.807, 2.05) is 6.07 Å². The summed E-state index contributed by atoms with van der Waals surface area (Å²) in [6.45, 7) is 0. The molecule has 1 aromatic carbocycles. The summed E-state index contributed by atoms with van der Waals surface area (Å²) in [6, 6.07) is 6.97. The maximum atomic E-state index is 9.63. The fourth-order valence-electron chi connectivity index (χ4n) is 1.24. The molecule has 90 valence electrons. The van der Waals surface area contributed by atoms with Crippen molar-refractivity contribution in [3.05, 3.63) is 29.6 Å². The van der Waals surface area contributed by atoms with Crippen molar-refractivity contribution in [2.75, 3.05) is 0 Å². The summed E-state index contributed by atoms with van der Waals surface area (Å²) in [5.41, 5.74) is 11.8. The van der Waals surface area contributed by atoms with Gasteiger partial charge >= 0.3 is 0 Å². The summed E-state index contributed by atoms with van der Waals surface area (Å²) in [5.74, 6) is 0.155. The molecule has 0 aliphatic heterocycles. The lowest BCUT2D eigenvalue weighted by Crippen LogP contribution is -2.21. The Morgan fingerprint density at radius 1 is 1.29 bits per heavy atom. The number of rotatable bonds is 2. The first-order chi connectivity index (χ1) is 7.66. The average molecular weight is 315 g/mol. The molecule has 2 rings (SSSR count). The molecule has 2 aromatic rings. The number of benzene rings is 1. The van der Waals surface area contributed by atoms with Gasteiger partial charge in [-0.3, -0.25) is 0 Å². The topological polar surface area (TPSA) is 97.5 Å². The molecule has 0 saturated carbocycles. The number of hydrogen-bond acceptors (Lipinski definition) is 4. The molecule has 0 fully saturated rings. The molecule has 0 spiro atoms. The lowest BCUT2D eigenvalue weighted by atomic mass is 10.1. The van der Waals surface area contributed by atoms with Gasteiger partial charge in [-0.1, -0.05) is 12.1 Å². The summed E-state index contributed by atoms with van der Waals surface area (Å²) >= 11 is 1.31. The van der Waals surface area contributed by atoms with Crippen LogP contribution in [0.5, 0.6) is 5.75 Å². The molecule has 0 atom stereocenters. The van der Waals surface area contributed by atoms with E-state index >= 15 is 0 Å². The lowest BCUT2D eigenvalue weighted by Gasteiger charge is -1.98. The number of aromatic hydroxyl groups is 1. The van der Waals surface area contributed by atoms with Crippen LogP contribution in [0.2, 0.25) is 0 Å². The van der Waals surface area contributed by atoms with Crippen LogP contribution in [0, 0.1) is 0 Å².